The van der Waals surface area contributed by atoms with E-state index in [1.54, 1.807) is 0 Å². The Morgan fingerprint density at radius 3 is 2.75 bits per heavy atom. The second-order valence-electron chi connectivity index (χ2n) is 4.26. The molecule has 4 atom stereocenters. The van der Waals surface area contributed by atoms with E-state index in [1.807, 2.05) is 0 Å². The zero-order valence-electron chi connectivity index (χ0n) is 10.5. The number of aliphatic hydroxyl groups excluding tert-OH is 2. The van der Waals surface area contributed by atoms with Gasteiger partial charge in [-0.15, -0.1) is 5.10 Å². The zero-order valence-corrected chi connectivity index (χ0v) is 10.5. The van der Waals surface area contributed by atoms with E-state index in [4.69, 9.17) is 15.2 Å². The van der Waals surface area contributed by atoms with Crippen molar-refractivity contribution in [2.75, 3.05) is 6.61 Å². The number of aromatic nitrogens is 3. The maximum Gasteiger partial charge on any atom is 0.302 e. The van der Waals surface area contributed by atoms with Crippen LogP contribution in [0.2, 0.25) is 0 Å². The number of amides is 1. The van der Waals surface area contributed by atoms with Gasteiger partial charge < -0.3 is 25.4 Å². The molecule has 1 aromatic heterocycles. The SMILES string of the molecule is CC(=O)OC[C@@H]1O[C@@H](n2cnc(C(N)=O)n2)[C@@H](O)[C@H]1O. The molecule has 1 saturated heterocycles. The summed E-state index contributed by atoms with van der Waals surface area (Å²) in [6.07, 6.45) is -3.38. The first kappa shape index (κ1) is 14.4. The number of primary amides is 1. The van der Waals surface area contributed by atoms with Crippen LogP contribution in [0.3, 0.4) is 0 Å². The van der Waals surface area contributed by atoms with Crippen LogP contribution in [0.4, 0.5) is 0 Å². The van der Waals surface area contributed by atoms with Crippen LogP contribution in [0, 0.1) is 0 Å². The number of esters is 1. The Bertz CT molecular complexity index is 518. The van der Waals surface area contributed by atoms with Gasteiger partial charge in [0, 0.05) is 6.92 Å². The smallest absolute Gasteiger partial charge is 0.302 e. The zero-order chi connectivity index (χ0) is 14.9. The summed E-state index contributed by atoms with van der Waals surface area (Å²) in [6.45, 7) is 1.01. The number of carbonyl (C=O) groups is 2. The maximum absolute atomic E-state index is 10.9. The van der Waals surface area contributed by atoms with Gasteiger partial charge in [0.1, 0.15) is 31.2 Å². The first-order valence-corrected chi connectivity index (χ1v) is 5.76. The van der Waals surface area contributed by atoms with Crippen molar-refractivity contribution in [1.29, 1.82) is 0 Å². The number of hydrogen-bond donors (Lipinski definition) is 3. The molecule has 0 radical (unpaired) electrons. The molecular weight excluding hydrogens is 272 g/mol. The third-order valence-electron chi connectivity index (χ3n) is 2.78. The monoisotopic (exact) mass is 286 g/mol. The molecule has 1 fully saturated rings. The molecule has 0 spiro atoms. The Balaban J connectivity index is 2.08. The van der Waals surface area contributed by atoms with Crippen molar-refractivity contribution in [2.24, 2.45) is 5.73 Å². The molecule has 0 aliphatic carbocycles. The highest BCUT2D eigenvalue weighted by Crippen LogP contribution is 2.28. The quantitative estimate of drug-likeness (QED) is 0.516. The van der Waals surface area contributed by atoms with Gasteiger partial charge in [-0.3, -0.25) is 9.59 Å². The number of nitrogens with two attached hydrogens (primary N) is 1. The fourth-order valence-corrected chi connectivity index (χ4v) is 1.80. The molecular formula is C10H14N4O6. The van der Waals surface area contributed by atoms with E-state index in [0.29, 0.717) is 0 Å². The fraction of sp³-hybridized carbons (Fsp3) is 0.600. The second-order valence-corrected chi connectivity index (χ2v) is 4.26. The van der Waals surface area contributed by atoms with E-state index in [2.05, 4.69) is 10.1 Å². The average Bonchev–Trinajstić information content (AvgIpc) is 2.95. The summed E-state index contributed by atoms with van der Waals surface area (Å²) in [5.41, 5.74) is 5.01. The molecule has 10 heteroatoms. The molecule has 0 saturated carbocycles. The maximum atomic E-state index is 10.9. The normalized spacial score (nSPS) is 29.4. The van der Waals surface area contributed by atoms with Crippen LogP contribution in [0.1, 0.15) is 23.8 Å². The molecule has 10 nitrogen and oxygen atoms in total. The Labute approximate surface area is 113 Å². The first-order valence-electron chi connectivity index (χ1n) is 5.76. The molecule has 2 heterocycles. The van der Waals surface area contributed by atoms with Crippen LogP contribution in [0.25, 0.3) is 0 Å². The lowest BCUT2D eigenvalue weighted by atomic mass is 10.1. The largest absolute Gasteiger partial charge is 0.463 e. The highest BCUT2D eigenvalue weighted by atomic mass is 16.6. The Morgan fingerprint density at radius 2 is 2.20 bits per heavy atom. The predicted molar refractivity (Wildman–Crippen MR) is 61.1 cm³/mol. The number of nitrogens with zero attached hydrogens (tertiary/aromatic N) is 3. The van der Waals surface area contributed by atoms with Crippen molar-refractivity contribution in [2.45, 2.75) is 31.5 Å². The summed E-state index contributed by atoms with van der Waals surface area (Å²) < 4.78 is 11.1. The first-order chi connectivity index (χ1) is 9.40. The minimum Gasteiger partial charge on any atom is -0.463 e. The molecule has 1 aromatic rings. The fourth-order valence-electron chi connectivity index (χ4n) is 1.80. The molecule has 2 rings (SSSR count). The van der Waals surface area contributed by atoms with Gasteiger partial charge in [0.25, 0.3) is 5.91 Å². The third kappa shape index (κ3) is 2.76. The average molecular weight is 286 g/mol. The van der Waals surface area contributed by atoms with Gasteiger partial charge >= 0.3 is 5.97 Å². The summed E-state index contributed by atoms with van der Waals surface area (Å²) in [4.78, 5) is 25.2. The minimum absolute atomic E-state index is 0.207. The third-order valence-corrected chi connectivity index (χ3v) is 2.78. The van der Waals surface area contributed by atoms with E-state index in [-0.39, 0.29) is 12.4 Å². The van der Waals surface area contributed by atoms with Crippen molar-refractivity contribution < 1.29 is 29.3 Å². The highest BCUT2D eigenvalue weighted by molar-refractivity contribution is 5.88. The number of rotatable bonds is 4. The topological polar surface area (TPSA) is 150 Å². The van der Waals surface area contributed by atoms with E-state index >= 15 is 0 Å². The van der Waals surface area contributed by atoms with Gasteiger partial charge in [0.2, 0.25) is 5.82 Å². The van der Waals surface area contributed by atoms with Gasteiger partial charge in [-0.2, -0.15) is 0 Å². The van der Waals surface area contributed by atoms with Crippen molar-refractivity contribution in [3.63, 3.8) is 0 Å². The summed E-state index contributed by atoms with van der Waals surface area (Å²) in [5, 5.41) is 23.4. The lowest BCUT2D eigenvalue weighted by Crippen LogP contribution is -2.34. The van der Waals surface area contributed by atoms with Crippen molar-refractivity contribution in [3.05, 3.63) is 12.2 Å². The van der Waals surface area contributed by atoms with E-state index in [9.17, 15) is 19.8 Å². The molecule has 0 aromatic carbocycles. The van der Waals surface area contributed by atoms with Gasteiger partial charge in [0.15, 0.2) is 6.23 Å². The highest BCUT2D eigenvalue weighted by Gasteiger charge is 2.44. The van der Waals surface area contributed by atoms with Gasteiger partial charge in [-0.25, -0.2) is 9.67 Å². The standard InChI is InChI=1S/C10H14N4O6/c1-4(15)19-2-5-6(16)7(17)10(20-5)14-3-12-9(13-14)8(11)18/h3,5-7,10,16-17H,2H2,1H3,(H2,11,18)/t5-,6-,7-,10+/m0/s1. The molecule has 0 unspecified atom stereocenters. The predicted octanol–water partition coefficient (Wildman–Crippen LogP) is -2.44. The molecule has 1 amide bonds. The summed E-state index contributed by atoms with van der Waals surface area (Å²) in [5.74, 6) is -1.59. The van der Waals surface area contributed by atoms with E-state index in [1.165, 1.54) is 6.92 Å². The molecule has 20 heavy (non-hydrogen) atoms. The summed E-state index contributed by atoms with van der Waals surface area (Å²) >= 11 is 0. The number of carbonyl (C=O) groups excluding carboxylic acids is 2. The second kappa shape index (κ2) is 5.53. The lowest BCUT2D eigenvalue weighted by Gasteiger charge is -2.13. The van der Waals surface area contributed by atoms with E-state index < -0.39 is 36.4 Å². The number of ether oxygens (including phenoxy) is 2. The number of hydrogen-bond acceptors (Lipinski definition) is 8. The van der Waals surface area contributed by atoms with Gasteiger partial charge in [-0.05, 0) is 0 Å². The van der Waals surface area contributed by atoms with Crippen molar-refractivity contribution in [1.82, 2.24) is 14.8 Å². The molecule has 110 valence electrons. The Kier molecular flexibility index (Phi) is 3.97. The number of aliphatic hydroxyl groups is 2. The summed E-state index contributed by atoms with van der Waals surface area (Å²) in [7, 11) is 0. The van der Waals surface area contributed by atoms with E-state index in [0.717, 1.165) is 11.0 Å². The van der Waals surface area contributed by atoms with Gasteiger partial charge in [-0.1, -0.05) is 0 Å². The molecule has 1 aliphatic rings. The van der Waals surface area contributed by atoms with Crippen LogP contribution in [0.5, 0.6) is 0 Å². The summed E-state index contributed by atoms with van der Waals surface area (Å²) in [6, 6.07) is 0. The molecule has 1 aliphatic heterocycles. The van der Waals surface area contributed by atoms with Crippen LogP contribution >= 0.6 is 0 Å². The van der Waals surface area contributed by atoms with Crippen LogP contribution in [-0.2, 0) is 14.3 Å². The van der Waals surface area contributed by atoms with Gasteiger partial charge in [0.05, 0.1) is 0 Å². The lowest BCUT2D eigenvalue weighted by molar-refractivity contribution is -0.147. The van der Waals surface area contributed by atoms with Crippen LogP contribution in [0.15, 0.2) is 6.33 Å². The van der Waals surface area contributed by atoms with Crippen molar-refractivity contribution in [3.8, 4) is 0 Å². The van der Waals surface area contributed by atoms with Crippen LogP contribution in [-0.4, -0.2) is 61.8 Å². The Morgan fingerprint density at radius 1 is 1.50 bits per heavy atom. The van der Waals surface area contributed by atoms with Crippen molar-refractivity contribution >= 4 is 11.9 Å². The molecule has 4 N–H and O–H groups in total. The molecule has 0 bridgehead atoms. The minimum atomic E-state index is -1.31. The van der Waals surface area contributed by atoms with Crippen LogP contribution < -0.4 is 5.73 Å². The Hall–Kier alpha value is -2.04.